The van der Waals surface area contributed by atoms with E-state index in [1.807, 2.05) is 12.1 Å². The summed E-state index contributed by atoms with van der Waals surface area (Å²) in [4.78, 5) is 2.24. The van der Waals surface area contributed by atoms with Gasteiger partial charge in [0.25, 0.3) is 0 Å². The molecule has 1 aliphatic heterocycles. The van der Waals surface area contributed by atoms with Crippen molar-refractivity contribution in [1.29, 1.82) is 0 Å². The highest BCUT2D eigenvalue weighted by Crippen LogP contribution is 2.33. The summed E-state index contributed by atoms with van der Waals surface area (Å²) in [6.45, 7) is 8.80. The topological polar surface area (TPSA) is 30.9 Å². The Morgan fingerprint density at radius 1 is 1.29 bits per heavy atom. The Balaban J connectivity index is 1.97. The molecule has 4 nitrogen and oxygen atoms in total. The molecule has 1 atom stereocenters. The van der Waals surface area contributed by atoms with Gasteiger partial charge in [0.15, 0.2) is 6.29 Å². The van der Waals surface area contributed by atoms with Crippen LogP contribution in [0.3, 0.4) is 0 Å². The molecule has 1 aromatic carbocycles. The second-order valence-corrected chi connectivity index (χ2v) is 6.24. The molecule has 1 aromatic rings. The van der Waals surface area contributed by atoms with Gasteiger partial charge in [-0.05, 0) is 30.7 Å². The van der Waals surface area contributed by atoms with E-state index < -0.39 is 0 Å². The van der Waals surface area contributed by atoms with Crippen molar-refractivity contribution in [2.24, 2.45) is 5.41 Å². The predicted molar refractivity (Wildman–Crippen MR) is 84.7 cm³/mol. The Labute approximate surface area is 128 Å². The molecule has 0 bridgehead atoms. The quantitative estimate of drug-likeness (QED) is 0.749. The average molecular weight is 293 g/mol. The van der Waals surface area contributed by atoms with Gasteiger partial charge in [0.2, 0.25) is 0 Å². The lowest BCUT2D eigenvalue weighted by molar-refractivity contribution is -0.214. The monoisotopic (exact) mass is 293 g/mol. The van der Waals surface area contributed by atoms with Crippen molar-refractivity contribution in [3.63, 3.8) is 0 Å². The number of nitrogens with zero attached hydrogens (tertiary/aromatic N) is 1. The highest BCUT2D eigenvalue weighted by atomic mass is 16.7. The first-order valence-corrected chi connectivity index (χ1v) is 7.69. The lowest BCUT2D eigenvalue weighted by Gasteiger charge is -2.44. The van der Waals surface area contributed by atoms with Gasteiger partial charge in [-0.15, -0.1) is 0 Å². The molecule has 1 heterocycles. The predicted octanol–water partition coefficient (Wildman–Crippen LogP) is 3.66. The first-order chi connectivity index (χ1) is 10.1. The first kappa shape index (κ1) is 16.1. The minimum atomic E-state index is -0.126. The lowest BCUT2D eigenvalue weighted by atomic mass is 9.90. The average Bonchev–Trinajstić information content (AvgIpc) is 2.48. The number of methoxy groups -OCH3 is 1. The Morgan fingerprint density at radius 3 is 2.57 bits per heavy atom. The summed E-state index contributed by atoms with van der Waals surface area (Å²) >= 11 is 0. The summed E-state index contributed by atoms with van der Waals surface area (Å²) in [5.74, 6) is 0.872. The van der Waals surface area contributed by atoms with Gasteiger partial charge in [-0.25, -0.2) is 0 Å². The molecular formula is C17H27NO3. The van der Waals surface area contributed by atoms with Crippen molar-refractivity contribution < 1.29 is 14.2 Å². The van der Waals surface area contributed by atoms with Gasteiger partial charge in [-0.2, -0.15) is 0 Å². The smallest absolute Gasteiger partial charge is 0.166 e. The highest BCUT2D eigenvalue weighted by molar-refractivity contribution is 5.49. The summed E-state index contributed by atoms with van der Waals surface area (Å²) in [5, 5.41) is 0. The third-order valence-electron chi connectivity index (χ3n) is 3.82. The van der Waals surface area contributed by atoms with Crippen molar-refractivity contribution in [1.82, 2.24) is 0 Å². The van der Waals surface area contributed by atoms with E-state index >= 15 is 0 Å². The minimum Gasteiger partial charge on any atom is -0.497 e. The van der Waals surface area contributed by atoms with Gasteiger partial charge in [0.1, 0.15) is 12.5 Å². The van der Waals surface area contributed by atoms with Gasteiger partial charge in [-0.3, -0.25) is 0 Å². The largest absolute Gasteiger partial charge is 0.497 e. The Morgan fingerprint density at radius 2 is 2.00 bits per heavy atom. The molecule has 0 aromatic heterocycles. The second kappa shape index (κ2) is 7.14. The number of ether oxygens (including phenoxy) is 3. The van der Waals surface area contributed by atoms with Crippen LogP contribution in [0.15, 0.2) is 24.3 Å². The molecular weight excluding hydrogens is 266 g/mol. The fraction of sp³-hybridized carbons (Fsp3) is 0.647. The zero-order chi connectivity index (χ0) is 15.3. The SMILES string of the molecule is CCCCOC1OCN(c2ccc(OC)cc2)CC1(C)C. The number of hydrogen-bond acceptors (Lipinski definition) is 4. The lowest BCUT2D eigenvalue weighted by Crippen LogP contribution is -2.51. The zero-order valence-corrected chi connectivity index (χ0v) is 13.6. The molecule has 4 heteroatoms. The van der Waals surface area contributed by atoms with Crippen LogP contribution in [0.2, 0.25) is 0 Å². The van der Waals surface area contributed by atoms with E-state index in [9.17, 15) is 0 Å². The van der Waals surface area contributed by atoms with Crippen LogP contribution in [0.5, 0.6) is 5.75 Å². The van der Waals surface area contributed by atoms with Gasteiger partial charge < -0.3 is 19.1 Å². The fourth-order valence-electron chi connectivity index (χ4n) is 2.56. The van der Waals surface area contributed by atoms with Gasteiger partial charge in [0, 0.05) is 24.3 Å². The Hall–Kier alpha value is -1.26. The number of hydrogen-bond donors (Lipinski definition) is 0. The van der Waals surface area contributed by atoms with E-state index in [1.165, 1.54) is 0 Å². The Bertz CT molecular complexity index is 430. The third-order valence-corrected chi connectivity index (χ3v) is 3.82. The van der Waals surface area contributed by atoms with Crippen molar-refractivity contribution in [3.05, 3.63) is 24.3 Å². The van der Waals surface area contributed by atoms with Crippen molar-refractivity contribution in [2.45, 2.75) is 39.9 Å². The van der Waals surface area contributed by atoms with E-state index in [0.29, 0.717) is 6.73 Å². The standard InChI is InChI=1S/C17H27NO3/c1-5-6-11-20-16-17(2,3)12-18(13-21-16)14-7-9-15(19-4)10-8-14/h7-10,16H,5-6,11-13H2,1-4H3. The van der Waals surface area contributed by atoms with E-state index in [4.69, 9.17) is 14.2 Å². The Kier molecular flexibility index (Phi) is 5.48. The van der Waals surface area contributed by atoms with Crippen molar-refractivity contribution >= 4 is 5.69 Å². The summed E-state index contributed by atoms with van der Waals surface area (Å²) in [6, 6.07) is 8.09. The molecule has 1 saturated heterocycles. The molecule has 1 aliphatic rings. The van der Waals surface area contributed by atoms with Crippen LogP contribution in [0, 0.1) is 5.41 Å². The summed E-state index contributed by atoms with van der Waals surface area (Å²) < 4.78 is 17.0. The highest BCUT2D eigenvalue weighted by Gasteiger charge is 2.37. The molecule has 2 rings (SSSR count). The van der Waals surface area contributed by atoms with Crippen LogP contribution < -0.4 is 9.64 Å². The summed E-state index contributed by atoms with van der Waals surface area (Å²) in [6.07, 6.45) is 2.10. The molecule has 0 radical (unpaired) electrons. The van der Waals surface area contributed by atoms with Crippen LogP contribution >= 0.6 is 0 Å². The molecule has 0 amide bonds. The van der Waals surface area contributed by atoms with Crippen molar-refractivity contribution in [3.8, 4) is 5.75 Å². The molecule has 21 heavy (non-hydrogen) atoms. The summed E-state index contributed by atoms with van der Waals surface area (Å²) in [5.41, 5.74) is 1.11. The number of anilines is 1. The first-order valence-electron chi connectivity index (χ1n) is 7.69. The van der Waals surface area contributed by atoms with E-state index in [0.717, 1.165) is 37.4 Å². The van der Waals surface area contributed by atoms with Gasteiger partial charge in [-0.1, -0.05) is 27.2 Å². The van der Waals surface area contributed by atoms with Crippen LogP contribution in [0.25, 0.3) is 0 Å². The number of unbranched alkanes of at least 4 members (excludes halogenated alkanes) is 1. The van der Waals surface area contributed by atoms with E-state index in [1.54, 1.807) is 7.11 Å². The number of benzene rings is 1. The van der Waals surface area contributed by atoms with Crippen LogP contribution in [0.1, 0.15) is 33.6 Å². The third kappa shape index (κ3) is 4.11. The molecule has 0 aliphatic carbocycles. The zero-order valence-electron chi connectivity index (χ0n) is 13.6. The van der Waals surface area contributed by atoms with Crippen LogP contribution in [-0.4, -0.2) is 33.3 Å². The fourth-order valence-corrected chi connectivity index (χ4v) is 2.56. The maximum absolute atomic E-state index is 5.94. The van der Waals surface area contributed by atoms with E-state index in [2.05, 4.69) is 37.8 Å². The summed E-state index contributed by atoms with van der Waals surface area (Å²) in [7, 11) is 1.68. The number of rotatable bonds is 6. The maximum atomic E-state index is 5.94. The van der Waals surface area contributed by atoms with Crippen LogP contribution in [0.4, 0.5) is 5.69 Å². The van der Waals surface area contributed by atoms with E-state index in [-0.39, 0.29) is 11.7 Å². The minimum absolute atomic E-state index is 0.0358. The molecule has 1 unspecified atom stereocenters. The molecule has 118 valence electrons. The van der Waals surface area contributed by atoms with Gasteiger partial charge in [0.05, 0.1) is 7.11 Å². The normalized spacial score (nSPS) is 21.3. The van der Waals surface area contributed by atoms with Gasteiger partial charge >= 0.3 is 0 Å². The molecule has 0 saturated carbocycles. The molecule has 0 spiro atoms. The molecule has 1 fully saturated rings. The molecule has 0 N–H and O–H groups in total. The maximum Gasteiger partial charge on any atom is 0.166 e. The van der Waals surface area contributed by atoms with Crippen LogP contribution in [-0.2, 0) is 9.47 Å². The van der Waals surface area contributed by atoms with Crippen molar-refractivity contribution in [2.75, 3.05) is 31.9 Å². The second-order valence-electron chi connectivity index (χ2n) is 6.24.